The van der Waals surface area contributed by atoms with Gasteiger partial charge in [0.25, 0.3) is 0 Å². The normalized spacial score (nSPS) is 31.6. The van der Waals surface area contributed by atoms with Gasteiger partial charge < -0.3 is 0 Å². The molecule has 0 atom stereocenters. The van der Waals surface area contributed by atoms with Gasteiger partial charge in [0.1, 0.15) is 0 Å². The van der Waals surface area contributed by atoms with Crippen LogP contribution in [0.25, 0.3) is 0 Å². The zero-order chi connectivity index (χ0) is 17.5. The van der Waals surface area contributed by atoms with Crippen molar-refractivity contribution in [1.82, 2.24) is 0 Å². The van der Waals surface area contributed by atoms with Crippen LogP contribution in [0, 0.1) is 0 Å². The summed E-state index contributed by atoms with van der Waals surface area (Å²) in [5, 5.41) is -6.94. The predicted octanol–water partition coefficient (Wildman–Crippen LogP) is 2.89. The van der Waals surface area contributed by atoms with Crippen LogP contribution in [-0.4, -0.2) is 49.3 Å². The first-order valence-electron chi connectivity index (χ1n) is 4.52. The molecule has 0 aromatic rings. The maximum atomic E-state index is 13.6. The molecule has 0 aromatic heterocycles. The summed E-state index contributed by atoms with van der Waals surface area (Å²) in [7, 11) is -6.69. The monoisotopic (exact) mass is 360 g/mol. The lowest BCUT2D eigenvalue weighted by Gasteiger charge is -2.51. The Bertz CT molecular complexity index is 533. The highest BCUT2D eigenvalue weighted by Gasteiger charge is 3.03. The minimum Gasteiger partial charge on any atom is -0.225 e. The molecule has 0 N–H and O–H groups in total. The van der Waals surface area contributed by atoms with E-state index in [1.807, 2.05) is 0 Å². The molecular formula is C7H3F11O2S. The molecule has 1 aliphatic carbocycles. The smallest absolute Gasteiger partial charge is 0.225 e. The molecule has 0 aliphatic heterocycles. The number of hydrogen-bond donors (Lipinski definition) is 0. The molecular weight excluding hydrogens is 357 g/mol. The predicted molar refractivity (Wildman–Crippen MR) is 43.4 cm³/mol. The Morgan fingerprint density at radius 3 is 0.905 bits per heavy atom. The van der Waals surface area contributed by atoms with Crippen molar-refractivity contribution in [3.8, 4) is 0 Å². The van der Waals surface area contributed by atoms with E-state index in [4.69, 9.17) is 0 Å². The quantitative estimate of drug-likeness (QED) is 0.674. The average Bonchev–Trinajstić information content (AvgIpc) is 2.23. The van der Waals surface area contributed by atoms with Crippen molar-refractivity contribution < 1.29 is 56.7 Å². The molecule has 0 radical (unpaired) electrons. The lowest BCUT2D eigenvalue weighted by molar-refractivity contribution is -0.469. The van der Waals surface area contributed by atoms with Crippen LogP contribution in [0.2, 0.25) is 0 Å². The highest BCUT2D eigenvalue weighted by molar-refractivity contribution is 7.92. The van der Waals surface area contributed by atoms with Crippen LogP contribution in [0.3, 0.4) is 0 Å². The Kier molecular flexibility index (Phi) is 3.25. The van der Waals surface area contributed by atoms with Gasteiger partial charge in [-0.15, -0.1) is 0 Å². The summed E-state index contributed by atoms with van der Waals surface area (Å²) in [5.41, 5.74) is 0. The minimum atomic E-state index is -7.41. The fraction of sp³-hybridized carbons (Fsp3) is 1.00. The van der Waals surface area contributed by atoms with Gasteiger partial charge in [0.2, 0.25) is 0 Å². The van der Waals surface area contributed by atoms with Gasteiger partial charge in [0.05, 0.1) is 0 Å². The van der Waals surface area contributed by atoms with E-state index in [1.165, 1.54) is 0 Å². The summed E-state index contributed by atoms with van der Waals surface area (Å²) in [6.07, 6.45) is -0.829. The number of sulfone groups is 1. The van der Waals surface area contributed by atoms with Gasteiger partial charge in [0, 0.05) is 6.26 Å². The molecule has 0 unspecified atom stereocenters. The summed E-state index contributed by atoms with van der Waals surface area (Å²) in [5.74, 6) is -36.9. The second kappa shape index (κ2) is 3.74. The van der Waals surface area contributed by atoms with Crippen molar-refractivity contribution in [1.29, 1.82) is 0 Å². The van der Waals surface area contributed by atoms with Crippen molar-refractivity contribution in [2.24, 2.45) is 0 Å². The highest BCUT2D eigenvalue weighted by atomic mass is 32.2. The summed E-state index contributed by atoms with van der Waals surface area (Å²) in [6.45, 7) is 0. The minimum absolute atomic E-state index is 0.829. The second-order valence-electron chi connectivity index (χ2n) is 4.24. The van der Waals surface area contributed by atoms with Gasteiger partial charge >= 0.3 is 34.6 Å². The van der Waals surface area contributed by atoms with Crippen LogP contribution in [0.5, 0.6) is 0 Å². The Balaban J connectivity index is 4.02. The Morgan fingerprint density at radius 2 is 0.714 bits per heavy atom. The molecule has 0 bridgehead atoms. The third kappa shape index (κ3) is 1.46. The summed E-state index contributed by atoms with van der Waals surface area (Å²) in [4.78, 5) is 0. The van der Waals surface area contributed by atoms with Gasteiger partial charge in [-0.25, -0.2) is 12.8 Å². The van der Waals surface area contributed by atoms with Crippen LogP contribution in [0.4, 0.5) is 48.3 Å². The summed E-state index contributed by atoms with van der Waals surface area (Å²) in [6, 6.07) is 0. The number of alkyl halides is 11. The van der Waals surface area contributed by atoms with Crippen LogP contribution >= 0.6 is 0 Å². The van der Waals surface area contributed by atoms with Crippen molar-refractivity contribution in [2.45, 2.75) is 34.6 Å². The number of rotatable bonds is 1. The topological polar surface area (TPSA) is 34.1 Å². The van der Waals surface area contributed by atoms with Crippen LogP contribution < -0.4 is 0 Å². The molecule has 1 fully saturated rings. The Labute approximate surface area is 108 Å². The first-order chi connectivity index (χ1) is 8.75. The van der Waals surface area contributed by atoms with Gasteiger partial charge in [-0.1, -0.05) is 0 Å². The lowest BCUT2D eigenvalue weighted by atomic mass is 9.80. The van der Waals surface area contributed by atoms with E-state index in [2.05, 4.69) is 0 Å². The Hall–Kier alpha value is -0.820. The zero-order valence-electron chi connectivity index (χ0n) is 9.38. The summed E-state index contributed by atoms with van der Waals surface area (Å²) < 4.78 is 164. The van der Waals surface area contributed by atoms with Gasteiger partial charge in [-0.05, 0) is 0 Å². The van der Waals surface area contributed by atoms with E-state index in [1.54, 1.807) is 0 Å². The van der Waals surface area contributed by atoms with E-state index in [0.29, 0.717) is 0 Å². The SMILES string of the molecule is CS(=O)(=O)C1(F)C(F)(F)C(F)(F)C(F)(F)C(F)(F)C1(F)F. The molecule has 0 saturated heterocycles. The first-order valence-corrected chi connectivity index (χ1v) is 6.42. The fourth-order valence-corrected chi connectivity index (χ4v) is 2.85. The van der Waals surface area contributed by atoms with Gasteiger partial charge in [0.15, 0.2) is 9.84 Å². The van der Waals surface area contributed by atoms with Crippen molar-refractivity contribution in [3.63, 3.8) is 0 Å². The molecule has 0 spiro atoms. The van der Waals surface area contributed by atoms with Crippen molar-refractivity contribution in [2.75, 3.05) is 6.26 Å². The van der Waals surface area contributed by atoms with Crippen molar-refractivity contribution in [3.05, 3.63) is 0 Å². The molecule has 21 heavy (non-hydrogen) atoms. The third-order valence-corrected chi connectivity index (χ3v) is 4.43. The van der Waals surface area contributed by atoms with E-state index >= 15 is 0 Å². The molecule has 0 amide bonds. The lowest BCUT2D eigenvalue weighted by Crippen LogP contribution is -2.85. The average molecular weight is 360 g/mol. The molecule has 0 aromatic carbocycles. The van der Waals surface area contributed by atoms with Gasteiger partial charge in [-0.3, -0.25) is 0 Å². The molecule has 14 heteroatoms. The Morgan fingerprint density at radius 1 is 0.524 bits per heavy atom. The van der Waals surface area contributed by atoms with E-state index in [9.17, 15) is 56.7 Å². The van der Waals surface area contributed by atoms with Crippen LogP contribution in [0.1, 0.15) is 0 Å². The maximum absolute atomic E-state index is 13.6. The van der Waals surface area contributed by atoms with E-state index < -0.39 is 50.7 Å². The molecule has 126 valence electrons. The van der Waals surface area contributed by atoms with E-state index in [0.717, 1.165) is 0 Å². The van der Waals surface area contributed by atoms with Crippen LogP contribution in [0.15, 0.2) is 0 Å². The maximum Gasteiger partial charge on any atom is 0.384 e. The fourth-order valence-electron chi connectivity index (χ4n) is 1.66. The highest BCUT2D eigenvalue weighted by Crippen LogP contribution is 2.70. The molecule has 1 rings (SSSR count). The zero-order valence-corrected chi connectivity index (χ0v) is 10.2. The number of halogens is 11. The van der Waals surface area contributed by atoms with E-state index in [-0.39, 0.29) is 0 Å². The standard InChI is InChI=1S/C7H3F11O2S/c1-21(19,20)7(18)5(14,15)3(10,11)2(8,9)4(12,13)6(7,16)17/h1H3. The summed E-state index contributed by atoms with van der Waals surface area (Å²) >= 11 is 0. The molecule has 2 nitrogen and oxygen atoms in total. The molecule has 1 aliphatic rings. The molecule has 0 heterocycles. The molecule has 1 saturated carbocycles. The number of hydrogen-bond acceptors (Lipinski definition) is 2. The van der Waals surface area contributed by atoms with Crippen molar-refractivity contribution >= 4 is 9.84 Å². The second-order valence-corrected chi connectivity index (χ2v) is 6.35. The van der Waals surface area contributed by atoms with Gasteiger partial charge in [-0.2, -0.15) is 43.9 Å². The third-order valence-electron chi connectivity index (χ3n) is 2.90. The van der Waals surface area contributed by atoms with Crippen LogP contribution in [-0.2, 0) is 9.84 Å². The largest absolute Gasteiger partial charge is 0.384 e. The first kappa shape index (κ1) is 18.2.